The molecule has 0 bridgehead atoms. The molecule has 6 heteroatoms. The van der Waals surface area contributed by atoms with Crippen LogP contribution in [0.25, 0.3) is 0 Å². The van der Waals surface area contributed by atoms with Gasteiger partial charge in [0.25, 0.3) is 0 Å². The zero-order valence-corrected chi connectivity index (χ0v) is 13.9. The molecule has 2 fully saturated rings. The molecule has 1 aliphatic carbocycles. The summed E-state index contributed by atoms with van der Waals surface area (Å²) >= 11 is 0. The van der Waals surface area contributed by atoms with Gasteiger partial charge in [-0.2, -0.15) is 4.98 Å². The topological polar surface area (TPSA) is 65.5 Å². The fourth-order valence-corrected chi connectivity index (χ4v) is 3.05. The molecular formula is C17H27N3O3. The SMILES string of the molecule is CC(COC1CCOC1)Nc1cncc(OC2CCCCC2)n1. The Morgan fingerprint density at radius 3 is 2.87 bits per heavy atom. The maximum atomic E-state index is 5.96. The summed E-state index contributed by atoms with van der Waals surface area (Å²) in [5, 5.41) is 3.32. The monoisotopic (exact) mass is 321 g/mol. The number of nitrogens with zero attached hydrogens (tertiary/aromatic N) is 2. The van der Waals surface area contributed by atoms with Crippen molar-refractivity contribution in [1.82, 2.24) is 9.97 Å². The lowest BCUT2D eigenvalue weighted by Crippen LogP contribution is -2.26. The van der Waals surface area contributed by atoms with Crippen LogP contribution in [0.5, 0.6) is 5.88 Å². The number of aromatic nitrogens is 2. The lowest BCUT2D eigenvalue weighted by atomic mass is 9.98. The molecular weight excluding hydrogens is 294 g/mol. The van der Waals surface area contributed by atoms with Crippen LogP contribution in [0.2, 0.25) is 0 Å². The van der Waals surface area contributed by atoms with Gasteiger partial charge in [0, 0.05) is 12.6 Å². The maximum Gasteiger partial charge on any atom is 0.234 e. The summed E-state index contributed by atoms with van der Waals surface area (Å²) in [5.41, 5.74) is 0. The number of hydrogen-bond acceptors (Lipinski definition) is 6. The molecule has 0 amide bonds. The van der Waals surface area contributed by atoms with Crippen LogP contribution in [-0.2, 0) is 9.47 Å². The van der Waals surface area contributed by atoms with E-state index in [-0.39, 0.29) is 18.2 Å². The van der Waals surface area contributed by atoms with E-state index in [0.717, 1.165) is 31.7 Å². The summed E-state index contributed by atoms with van der Waals surface area (Å²) in [4.78, 5) is 8.74. The van der Waals surface area contributed by atoms with Crippen molar-refractivity contribution in [1.29, 1.82) is 0 Å². The highest BCUT2D eigenvalue weighted by molar-refractivity contribution is 5.34. The van der Waals surface area contributed by atoms with Gasteiger partial charge < -0.3 is 19.5 Å². The van der Waals surface area contributed by atoms with Crippen molar-refractivity contribution in [3.05, 3.63) is 12.4 Å². The van der Waals surface area contributed by atoms with E-state index in [0.29, 0.717) is 19.1 Å². The number of hydrogen-bond donors (Lipinski definition) is 1. The van der Waals surface area contributed by atoms with Crippen molar-refractivity contribution < 1.29 is 14.2 Å². The molecule has 128 valence electrons. The van der Waals surface area contributed by atoms with Crippen LogP contribution >= 0.6 is 0 Å². The van der Waals surface area contributed by atoms with Crippen molar-refractivity contribution in [2.75, 3.05) is 25.1 Å². The van der Waals surface area contributed by atoms with Crippen LogP contribution in [0.3, 0.4) is 0 Å². The molecule has 23 heavy (non-hydrogen) atoms. The average molecular weight is 321 g/mol. The lowest BCUT2D eigenvalue weighted by molar-refractivity contribution is 0.0394. The molecule has 6 nitrogen and oxygen atoms in total. The third kappa shape index (κ3) is 5.32. The Morgan fingerprint density at radius 2 is 2.09 bits per heavy atom. The van der Waals surface area contributed by atoms with E-state index in [4.69, 9.17) is 14.2 Å². The number of rotatable bonds is 7. The maximum absolute atomic E-state index is 5.96. The van der Waals surface area contributed by atoms with Crippen molar-refractivity contribution >= 4 is 5.82 Å². The van der Waals surface area contributed by atoms with Crippen molar-refractivity contribution in [2.45, 2.75) is 63.7 Å². The number of nitrogens with one attached hydrogen (secondary N) is 1. The summed E-state index contributed by atoms with van der Waals surface area (Å²) in [6, 6.07) is 0.162. The zero-order chi connectivity index (χ0) is 15.9. The van der Waals surface area contributed by atoms with Crippen LogP contribution < -0.4 is 10.1 Å². The normalized spacial score (nSPS) is 23.6. The molecule has 2 unspecified atom stereocenters. The van der Waals surface area contributed by atoms with E-state index < -0.39 is 0 Å². The van der Waals surface area contributed by atoms with Crippen LogP contribution in [0, 0.1) is 0 Å². The highest BCUT2D eigenvalue weighted by atomic mass is 16.5. The molecule has 1 aliphatic heterocycles. The van der Waals surface area contributed by atoms with E-state index in [2.05, 4.69) is 22.2 Å². The Bertz CT molecular complexity index is 474. The number of ether oxygens (including phenoxy) is 3. The van der Waals surface area contributed by atoms with E-state index in [1.54, 1.807) is 12.4 Å². The molecule has 0 aromatic carbocycles. The van der Waals surface area contributed by atoms with E-state index in [1.165, 1.54) is 19.3 Å². The van der Waals surface area contributed by atoms with Crippen LogP contribution in [0.15, 0.2) is 12.4 Å². The van der Waals surface area contributed by atoms with E-state index in [9.17, 15) is 0 Å². The van der Waals surface area contributed by atoms with Gasteiger partial charge >= 0.3 is 0 Å². The van der Waals surface area contributed by atoms with Crippen LogP contribution in [-0.4, -0.2) is 48.0 Å². The highest BCUT2D eigenvalue weighted by Gasteiger charge is 2.18. The zero-order valence-electron chi connectivity index (χ0n) is 13.9. The average Bonchev–Trinajstić information content (AvgIpc) is 3.08. The van der Waals surface area contributed by atoms with Gasteiger partial charge in [-0.3, -0.25) is 4.98 Å². The third-order valence-electron chi connectivity index (χ3n) is 4.32. The van der Waals surface area contributed by atoms with Gasteiger partial charge in [-0.15, -0.1) is 0 Å². The van der Waals surface area contributed by atoms with Crippen molar-refractivity contribution in [3.63, 3.8) is 0 Å². The minimum absolute atomic E-state index is 0.162. The molecule has 1 saturated heterocycles. The second-order valence-corrected chi connectivity index (χ2v) is 6.48. The quantitative estimate of drug-likeness (QED) is 0.833. The predicted octanol–water partition coefficient (Wildman–Crippen LogP) is 2.79. The van der Waals surface area contributed by atoms with Gasteiger partial charge in [0.05, 0.1) is 31.7 Å². The van der Waals surface area contributed by atoms with Gasteiger partial charge in [0.2, 0.25) is 5.88 Å². The first-order chi connectivity index (χ1) is 11.3. The smallest absolute Gasteiger partial charge is 0.234 e. The molecule has 1 saturated carbocycles. The Labute approximate surface area is 137 Å². The first kappa shape index (κ1) is 16.5. The Balaban J connectivity index is 1.46. The van der Waals surface area contributed by atoms with Gasteiger partial charge in [-0.05, 0) is 39.0 Å². The van der Waals surface area contributed by atoms with Gasteiger partial charge in [-0.25, -0.2) is 0 Å². The summed E-state index contributed by atoms with van der Waals surface area (Å²) in [5.74, 6) is 1.34. The fraction of sp³-hybridized carbons (Fsp3) is 0.765. The summed E-state index contributed by atoms with van der Waals surface area (Å²) in [6.45, 7) is 4.21. The molecule has 2 aliphatic rings. The molecule has 0 radical (unpaired) electrons. The standard InChI is InChI=1S/C17H27N3O3/c1-13(11-22-15-7-8-21-12-15)19-16-9-18-10-17(20-16)23-14-5-3-2-4-6-14/h9-10,13-15H,2-8,11-12H2,1H3,(H,19,20). The summed E-state index contributed by atoms with van der Waals surface area (Å²) in [7, 11) is 0. The lowest BCUT2D eigenvalue weighted by Gasteiger charge is -2.22. The second kappa shape index (κ2) is 8.45. The van der Waals surface area contributed by atoms with E-state index >= 15 is 0 Å². The first-order valence-corrected chi connectivity index (χ1v) is 8.74. The predicted molar refractivity (Wildman–Crippen MR) is 87.8 cm³/mol. The molecule has 1 aromatic rings. The van der Waals surface area contributed by atoms with Crippen molar-refractivity contribution in [2.24, 2.45) is 0 Å². The molecule has 3 rings (SSSR count). The molecule has 1 aromatic heterocycles. The summed E-state index contributed by atoms with van der Waals surface area (Å²) < 4.78 is 17.1. The molecule has 1 N–H and O–H groups in total. The van der Waals surface area contributed by atoms with Gasteiger partial charge in [0.1, 0.15) is 11.9 Å². The summed E-state index contributed by atoms with van der Waals surface area (Å²) in [6.07, 6.45) is 11.0. The van der Waals surface area contributed by atoms with Crippen LogP contribution in [0.4, 0.5) is 5.82 Å². The Morgan fingerprint density at radius 1 is 1.22 bits per heavy atom. The first-order valence-electron chi connectivity index (χ1n) is 8.74. The Kier molecular flexibility index (Phi) is 6.05. The minimum atomic E-state index is 0.162. The third-order valence-corrected chi connectivity index (χ3v) is 4.32. The molecule has 0 spiro atoms. The fourth-order valence-electron chi connectivity index (χ4n) is 3.05. The highest BCUT2D eigenvalue weighted by Crippen LogP contribution is 2.22. The molecule has 2 atom stereocenters. The van der Waals surface area contributed by atoms with Gasteiger partial charge in [-0.1, -0.05) is 6.42 Å². The van der Waals surface area contributed by atoms with E-state index in [1.807, 2.05) is 0 Å². The van der Waals surface area contributed by atoms with Crippen LogP contribution in [0.1, 0.15) is 45.4 Å². The second-order valence-electron chi connectivity index (χ2n) is 6.48. The largest absolute Gasteiger partial charge is 0.473 e. The van der Waals surface area contributed by atoms with Crippen molar-refractivity contribution in [3.8, 4) is 5.88 Å². The molecule has 2 heterocycles. The van der Waals surface area contributed by atoms with Gasteiger partial charge in [0.15, 0.2) is 0 Å². The minimum Gasteiger partial charge on any atom is -0.473 e. The Hall–Kier alpha value is -1.40. The number of anilines is 1.